The minimum Gasteiger partial charge on any atom is -0.472 e. The van der Waals surface area contributed by atoms with E-state index < -0.39 is 0 Å². The van der Waals surface area contributed by atoms with Crippen molar-refractivity contribution in [3.63, 3.8) is 0 Å². The highest BCUT2D eigenvalue weighted by Gasteiger charge is 2.20. The van der Waals surface area contributed by atoms with Crippen LogP contribution in [0.4, 0.5) is 0 Å². The number of pyridine rings is 1. The summed E-state index contributed by atoms with van der Waals surface area (Å²) in [7, 11) is 0. The molecule has 0 aliphatic carbocycles. The number of aromatic nitrogens is 4. The zero-order valence-electron chi connectivity index (χ0n) is 16.3. The molecule has 0 radical (unpaired) electrons. The second kappa shape index (κ2) is 8.36. The Kier molecular flexibility index (Phi) is 5.48. The van der Waals surface area contributed by atoms with Gasteiger partial charge in [-0.25, -0.2) is 0 Å². The van der Waals surface area contributed by atoms with Crippen molar-refractivity contribution in [1.29, 1.82) is 0 Å². The molecule has 0 saturated carbocycles. The predicted octanol–water partition coefficient (Wildman–Crippen LogP) is 2.19. The Labute approximate surface area is 167 Å². The average molecular weight is 395 g/mol. The number of rotatable bonds is 5. The largest absolute Gasteiger partial charge is 0.472 e. The van der Waals surface area contributed by atoms with E-state index in [-0.39, 0.29) is 18.2 Å². The molecule has 4 heterocycles. The van der Waals surface area contributed by atoms with Gasteiger partial charge in [-0.15, -0.1) is 10.2 Å². The summed E-state index contributed by atoms with van der Waals surface area (Å²) in [6, 6.07) is 7.11. The second-order valence-electron chi connectivity index (χ2n) is 6.70. The Bertz CT molecular complexity index is 979. The Morgan fingerprint density at radius 2 is 1.97 bits per heavy atom. The molecule has 3 aromatic rings. The molecule has 1 fully saturated rings. The molecule has 9 heteroatoms. The number of aryl methyl sites for hydroxylation is 2. The van der Waals surface area contributed by atoms with Gasteiger partial charge in [0.15, 0.2) is 5.69 Å². The highest BCUT2D eigenvalue weighted by molar-refractivity contribution is 5.92. The molecule has 29 heavy (non-hydrogen) atoms. The van der Waals surface area contributed by atoms with Crippen molar-refractivity contribution in [2.45, 2.75) is 20.5 Å². The number of ether oxygens (including phenoxy) is 2. The van der Waals surface area contributed by atoms with Crippen LogP contribution in [0.15, 0.2) is 35.0 Å². The number of morpholine rings is 1. The highest BCUT2D eigenvalue weighted by atomic mass is 16.5. The third kappa shape index (κ3) is 4.24. The van der Waals surface area contributed by atoms with E-state index in [1.807, 2.05) is 26.0 Å². The number of hydrogen-bond acceptors (Lipinski definition) is 8. The number of carbonyl (C=O) groups is 1. The molecule has 1 saturated heterocycles. The maximum absolute atomic E-state index is 12.4. The molecule has 9 nitrogen and oxygen atoms in total. The van der Waals surface area contributed by atoms with Gasteiger partial charge in [-0.1, -0.05) is 5.16 Å². The van der Waals surface area contributed by atoms with Crippen LogP contribution in [0.2, 0.25) is 0 Å². The van der Waals surface area contributed by atoms with Gasteiger partial charge in [-0.2, -0.15) is 0 Å². The summed E-state index contributed by atoms with van der Waals surface area (Å²) in [6.45, 7) is 6.16. The van der Waals surface area contributed by atoms with Gasteiger partial charge in [-0.05, 0) is 32.0 Å². The fourth-order valence-electron chi connectivity index (χ4n) is 2.98. The van der Waals surface area contributed by atoms with E-state index in [9.17, 15) is 4.79 Å². The van der Waals surface area contributed by atoms with E-state index in [2.05, 4.69) is 20.3 Å². The van der Waals surface area contributed by atoms with E-state index in [1.165, 1.54) is 0 Å². The van der Waals surface area contributed by atoms with Crippen LogP contribution in [0.3, 0.4) is 0 Å². The summed E-state index contributed by atoms with van der Waals surface area (Å²) in [5.74, 6) is 0.821. The molecule has 3 aromatic heterocycles. The summed E-state index contributed by atoms with van der Waals surface area (Å²) in [5, 5.41) is 12.2. The molecule has 150 valence electrons. The van der Waals surface area contributed by atoms with Crippen LogP contribution in [0.25, 0.3) is 11.3 Å². The van der Waals surface area contributed by atoms with Crippen molar-refractivity contribution in [2.75, 3.05) is 26.3 Å². The summed E-state index contributed by atoms with van der Waals surface area (Å²) in [6.07, 6.45) is 1.75. The maximum Gasteiger partial charge on any atom is 0.274 e. The topological polar surface area (TPSA) is 103 Å². The monoisotopic (exact) mass is 395 g/mol. The Morgan fingerprint density at radius 1 is 1.14 bits per heavy atom. The molecule has 4 rings (SSSR count). The molecule has 0 spiro atoms. The van der Waals surface area contributed by atoms with Crippen molar-refractivity contribution in [3.8, 4) is 17.1 Å². The van der Waals surface area contributed by atoms with Crippen molar-refractivity contribution in [3.05, 3.63) is 53.2 Å². The van der Waals surface area contributed by atoms with Crippen LogP contribution in [-0.4, -0.2) is 57.4 Å². The Balaban J connectivity index is 1.44. The lowest BCUT2D eigenvalue weighted by molar-refractivity contribution is 0.0298. The minimum atomic E-state index is -0.156. The molecular weight excluding hydrogens is 374 g/mol. The fraction of sp³-hybridized carbons (Fsp3) is 0.350. The van der Waals surface area contributed by atoms with Gasteiger partial charge in [0.2, 0.25) is 5.88 Å². The van der Waals surface area contributed by atoms with Crippen LogP contribution < -0.4 is 4.74 Å². The zero-order valence-corrected chi connectivity index (χ0v) is 16.3. The number of carbonyl (C=O) groups excluding carboxylic acids is 1. The van der Waals surface area contributed by atoms with Gasteiger partial charge in [0, 0.05) is 36.6 Å². The Morgan fingerprint density at radius 3 is 2.66 bits per heavy atom. The van der Waals surface area contributed by atoms with Crippen molar-refractivity contribution < 1.29 is 18.8 Å². The number of amides is 1. The summed E-state index contributed by atoms with van der Waals surface area (Å²) < 4.78 is 16.4. The van der Waals surface area contributed by atoms with Crippen molar-refractivity contribution in [2.24, 2.45) is 0 Å². The lowest BCUT2D eigenvalue weighted by Crippen LogP contribution is -2.41. The smallest absolute Gasteiger partial charge is 0.274 e. The molecule has 1 aliphatic rings. The molecule has 1 aliphatic heterocycles. The van der Waals surface area contributed by atoms with E-state index in [4.69, 9.17) is 14.0 Å². The van der Waals surface area contributed by atoms with Crippen LogP contribution in [0, 0.1) is 13.8 Å². The molecule has 0 N–H and O–H groups in total. The van der Waals surface area contributed by atoms with E-state index >= 15 is 0 Å². The highest BCUT2D eigenvalue weighted by Crippen LogP contribution is 2.26. The first-order chi connectivity index (χ1) is 14.1. The van der Waals surface area contributed by atoms with Gasteiger partial charge in [-0.3, -0.25) is 9.78 Å². The molecular formula is C20H21N5O4. The van der Waals surface area contributed by atoms with E-state index in [0.29, 0.717) is 43.6 Å². The molecule has 0 atom stereocenters. The quantitative estimate of drug-likeness (QED) is 0.648. The van der Waals surface area contributed by atoms with Gasteiger partial charge in [0.05, 0.1) is 18.8 Å². The number of nitrogens with zero attached hydrogens (tertiary/aromatic N) is 5. The summed E-state index contributed by atoms with van der Waals surface area (Å²) in [4.78, 5) is 18.4. The third-order valence-corrected chi connectivity index (χ3v) is 4.69. The fourth-order valence-corrected chi connectivity index (χ4v) is 2.98. The SMILES string of the molecule is Cc1ccc(-c2noc(C)c2COc2ccc(C(=O)N3CCOCC3)nn2)cn1. The summed E-state index contributed by atoms with van der Waals surface area (Å²) >= 11 is 0. The maximum atomic E-state index is 12.4. The van der Waals surface area contributed by atoms with E-state index in [0.717, 1.165) is 16.8 Å². The first kappa shape index (κ1) is 19.0. The van der Waals surface area contributed by atoms with Gasteiger partial charge >= 0.3 is 0 Å². The van der Waals surface area contributed by atoms with Crippen molar-refractivity contribution >= 4 is 5.91 Å². The van der Waals surface area contributed by atoms with Crippen LogP contribution in [0.5, 0.6) is 5.88 Å². The number of hydrogen-bond donors (Lipinski definition) is 0. The van der Waals surface area contributed by atoms with Gasteiger partial charge in [0.25, 0.3) is 5.91 Å². The standard InChI is InChI=1S/C20H21N5O4/c1-13-3-4-15(11-21-13)19-16(14(2)29-24-19)12-28-18-6-5-17(22-23-18)20(26)25-7-9-27-10-8-25/h3-6,11H,7-10,12H2,1-2H3. The van der Waals surface area contributed by atoms with Gasteiger partial charge in [0.1, 0.15) is 18.1 Å². The molecule has 0 bridgehead atoms. The first-order valence-electron chi connectivity index (χ1n) is 9.33. The molecule has 1 amide bonds. The third-order valence-electron chi connectivity index (χ3n) is 4.69. The lowest BCUT2D eigenvalue weighted by atomic mass is 10.1. The van der Waals surface area contributed by atoms with Crippen molar-refractivity contribution in [1.82, 2.24) is 25.2 Å². The Hall–Kier alpha value is -3.33. The molecule has 0 aromatic carbocycles. The van der Waals surface area contributed by atoms with E-state index in [1.54, 1.807) is 23.2 Å². The predicted molar refractivity (Wildman–Crippen MR) is 102 cm³/mol. The first-order valence-corrected chi connectivity index (χ1v) is 9.33. The van der Waals surface area contributed by atoms with Crippen LogP contribution >= 0.6 is 0 Å². The van der Waals surface area contributed by atoms with Gasteiger partial charge < -0.3 is 18.9 Å². The normalized spacial score (nSPS) is 14.1. The average Bonchev–Trinajstić information content (AvgIpc) is 3.13. The summed E-state index contributed by atoms with van der Waals surface area (Å²) in [5.41, 5.74) is 3.55. The van der Waals surface area contributed by atoms with Crippen LogP contribution in [0.1, 0.15) is 27.5 Å². The van der Waals surface area contributed by atoms with Crippen LogP contribution in [-0.2, 0) is 11.3 Å². The lowest BCUT2D eigenvalue weighted by Gasteiger charge is -2.26. The minimum absolute atomic E-state index is 0.156. The molecule has 0 unspecified atom stereocenters. The second-order valence-corrected chi connectivity index (χ2v) is 6.70. The zero-order chi connectivity index (χ0) is 20.2.